The molecule has 0 atom stereocenters. The van der Waals surface area contributed by atoms with Gasteiger partial charge in [-0.05, 0) is 25.0 Å². The quantitative estimate of drug-likeness (QED) is 0.498. The minimum Gasteiger partial charge on any atom is -0.444 e. The Bertz CT molecular complexity index is 489. The highest BCUT2D eigenvalue weighted by atomic mass is 16.3. The summed E-state index contributed by atoms with van der Waals surface area (Å²) in [5.41, 5.74) is 2.14. The van der Waals surface area contributed by atoms with Crippen molar-refractivity contribution in [1.29, 1.82) is 0 Å². The SMILES string of the molecule is CCCCCCCCCCc1coc(-c2ccccc2)n1. The predicted octanol–water partition coefficient (Wildman–Crippen LogP) is 6.02. The smallest absolute Gasteiger partial charge is 0.226 e. The molecule has 2 rings (SSSR count). The maximum atomic E-state index is 5.56. The first-order valence-electron chi connectivity index (χ1n) is 8.40. The molecule has 0 radical (unpaired) electrons. The van der Waals surface area contributed by atoms with E-state index in [2.05, 4.69) is 11.9 Å². The van der Waals surface area contributed by atoms with Crippen molar-refractivity contribution in [3.8, 4) is 11.5 Å². The van der Waals surface area contributed by atoms with Crippen LogP contribution in [0.4, 0.5) is 0 Å². The van der Waals surface area contributed by atoms with Gasteiger partial charge in [-0.3, -0.25) is 0 Å². The van der Waals surface area contributed by atoms with E-state index >= 15 is 0 Å². The largest absolute Gasteiger partial charge is 0.444 e. The third-order valence-electron chi connectivity index (χ3n) is 3.86. The highest BCUT2D eigenvalue weighted by molar-refractivity contribution is 5.52. The van der Waals surface area contributed by atoms with Gasteiger partial charge in [0.1, 0.15) is 6.26 Å². The maximum Gasteiger partial charge on any atom is 0.226 e. The summed E-state index contributed by atoms with van der Waals surface area (Å²) in [5.74, 6) is 0.741. The van der Waals surface area contributed by atoms with Crippen molar-refractivity contribution in [1.82, 2.24) is 4.98 Å². The van der Waals surface area contributed by atoms with E-state index < -0.39 is 0 Å². The normalized spacial score (nSPS) is 10.9. The van der Waals surface area contributed by atoms with Gasteiger partial charge in [0.2, 0.25) is 5.89 Å². The Labute approximate surface area is 128 Å². The lowest BCUT2D eigenvalue weighted by atomic mass is 10.1. The molecule has 2 aromatic rings. The molecule has 0 aliphatic rings. The third-order valence-corrected chi connectivity index (χ3v) is 3.86. The van der Waals surface area contributed by atoms with E-state index in [0.29, 0.717) is 0 Å². The van der Waals surface area contributed by atoms with Crippen molar-refractivity contribution in [2.75, 3.05) is 0 Å². The van der Waals surface area contributed by atoms with Crippen molar-refractivity contribution in [2.45, 2.75) is 64.7 Å². The van der Waals surface area contributed by atoms with Gasteiger partial charge < -0.3 is 4.42 Å². The van der Waals surface area contributed by atoms with Crippen molar-refractivity contribution in [2.24, 2.45) is 0 Å². The second-order valence-corrected chi connectivity index (χ2v) is 5.73. The summed E-state index contributed by atoms with van der Waals surface area (Å²) in [6, 6.07) is 10.1. The van der Waals surface area contributed by atoms with E-state index in [0.717, 1.165) is 23.6 Å². The minimum absolute atomic E-state index is 0.741. The van der Waals surface area contributed by atoms with Gasteiger partial charge in [0, 0.05) is 5.56 Å². The summed E-state index contributed by atoms with van der Waals surface area (Å²) >= 11 is 0. The molecule has 2 heteroatoms. The Morgan fingerprint density at radius 3 is 2.24 bits per heavy atom. The van der Waals surface area contributed by atoms with Crippen LogP contribution in [0.15, 0.2) is 41.0 Å². The molecular weight excluding hydrogens is 258 g/mol. The minimum atomic E-state index is 0.741. The topological polar surface area (TPSA) is 26.0 Å². The monoisotopic (exact) mass is 285 g/mol. The molecule has 0 unspecified atom stereocenters. The van der Waals surface area contributed by atoms with Gasteiger partial charge in [-0.1, -0.05) is 70.1 Å². The van der Waals surface area contributed by atoms with E-state index in [1.54, 1.807) is 0 Å². The summed E-state index contributed by atoms with van der Waals surface area (Å²) in [6.07, 6.45) is 13.6. The van der Waals surface area contributed by atoms with Crippen LogP contribution in [0, 0.1) is 0 Å². The fourth-order valence-corrected chi connectivity index (χ4v) is 2.58. The van der Waals surface area contributed by atoms with E-state index in [1.807, 2.05) is 36.6 Å². The number of unbranched alkanes of at least 4 members (excludes halogenated alkanes) is 7. The van der Waals surface area contributed by atoms with Gasteiger partial charge in [-0.2, -0.15) is 0 Å². The summed E-state index contributed by atoms with van der Waals surface area (Å²) in [6.45, 7) is 2.27. The molecule has 21 heavy (non-hydrogen) atoms. The van der Waals surface area contributed by atoms with E-state index in [1.165, 1.54) is 51.4 Å². The molecule has 0 saturated carbocycles. The Morgan fingerprint density at radius 2 is 1.52 bits per heavy atom. The number of rotatable bonds is 10. The Kier molecular flexibility index (Phi) is 7.06. The second kappa shape index (κ2) is 9.38. The summed E-state index contributed by atoms with van der Waals surface area (Å²) in [4.78, 5) is 4.57. The van der Waals surface area contributed by atoms with Crippen LogP contribution in [-0.2, 0) is 6.42 Å². The van der Waals surface area contributed by atoms with Gasteiger partial charge in [0.05, 0.1) is 5.69 Å². The van der Waals surface area contributed by atoms with Gasteiger partial charge in [0.15, 0.2) is 0 Å². The zero-order chi connectivity index (χ0) is 14.8. The van der Waals surface area contributed by atoms with E-state index in [9.17, 15) is 0 Å². The van der Waals surface area contributed by atoms with Crippen LogP contribution in [0.25, 0.3) is 11.5 Å². The molecule has 0 N–H and O–H groups in total. The van der Waals surface area contributed by atoms with Gasteiger partial charge >= 0.3 is 0 Å². The van der Waals surface area contributed by atoms with Gasteiger partial charge in [-0.15, -0.1) is 0 Å². The van der Waals surface area contributed by atoms with Crippen LogP contribution in [0.5, 0.6) is 0 Å². The first kappa shape index (κ1) is 15.8. The number of nitrogens with zero attached hydrogens (tertiary/aromatic N) is 1. The van der Waals surface area contributed by atoms with Crippen molar-refractivity contribution in [3.05, 3.63) is 42.3 Å². The van der Waals surface area contributed by atoms with Crippen molar-refractivity contribution in [3.63, 3.8) is 0 Å². The molecule has 0 aliphatic heterocycles. The summed E-state index contributed by atoms with van der Waals surface area (Å²) in [5, 5.41) is 0. The summed E-state index contributed by atoms with van der Waals surface area (Å²) in [7, 11) is 0. The van der Waals surface area contributed by atoms with Gasteiger partial charge in [-0.25, -0.2) is 4.98 Å². The lowest BCUT2D eigenvalue weighted by Gasteiger charge is -2.00. The first-order valence-corrected chi connectivity index (χ1v) is 8.40. The molecule has 0 fully saturated rings. The lowest BCUT2D eigenvalue weighted by Crippen LogP contribution is -1.87. The second-order valence-electron chi connectivity index (χ2n) is 5.73. The molecule has 1 aromatic carbocycles. The zero-order valence-corrected chi connectivity index (χ0v) is 13.2. The van der Waals surface area contributed by atoms with Crippen LogP contribution >= 0.6 is 0 Å². The molecule has 0 spiro atoms. The molecule has 114 valence electrons. The standard InChI is InChI=1S/C19H27NO/c1-2-3-4-5-6-7-8-12-15-18-16-21-19(20-18)17-13-10-9-11-14-17/h9-11,13-14,16H,2-8,12,15H2,1H3. The third kappa shape index (κ3) is 5.74. The van der Waals surface area contributed by atoms with Crippen LogP contribution in [0.1, 0.15) is 64.0 Å². The fraction of sp³-hybridized carbons (Fsp3) is 0.526. The predicted molar refractivity (Wildman–Crippen MR) is 88.3 cm³/mol. The Balaban J connectivity index is 1.63. The Hall–Kier alpha value is -1.57. The van der Waals surface area contributed by atoms with Crippen LogP contribution < -0.4 is 0 Å². The number of oxazole rings is 1. The fourth-order valence-electron chi connectivity index (χ4n) is 2.58. The van der Waals surface area contributed by atoms with E-state index in [4.69, 9.17) is 4.42 Å². The van der Waals surface area contributed by atoms with Crippen molar-refractivity contribution < 1.29 is 4.42 Å². The highest BCUT2D eigenvalue weighted by Gasteiger charge is 2.05. The molecule has 0 saturated heterocycles. The molecule has 0 amide bonds. The number of aryl methyl sites for hydroxylation is 1. The van der Waals surface area contributed by atoms with Crippen molar-refractivity contribution >= 4 is 0 Å². The van der Waals surface area contributed by atoms with Crippen LogP contribution in [-0.4, -0.2) is 4.98 Å². The van der Waals surface area contributed by atoms with Crippen LogP contribution in [0.3, 0.4) is 0 Å². The number of hydrogen-bond donors (Lipinski definition) is 0. The number of aromatic nitrogens is 1. The van der Waals surface area contributed by atoms with Gasteiger partial charge in [0.25, 0.3) is 0 Å². The lowest BCUT2D eigenvalue weighted by molar-refractivity contribution is 0.565. The molecule has 0 bridgehead atoms. The first-order chi connectivity index (χ1) is 10.4. The van der Waals surface area contributed by atoms with Crippen LogP contribution in [0.2, 0.25) is 0 Å². The average Bonchev–Trinajstić information content (AvgIpc) is 3.00. The average molecular weight is 285 g/mol. The Morgan fingerprint density at radius 1 is 0.857 bits per heavy atom. The number of benzene rings is 1. The molecule has 1 aromatic heterocycles. The maximum absolute atomic E-state index is 5.56. The molecule has 2 nitrogen and oxygen atoms in total. The molecule has 0 aliphatic carbocycles. The molecular formula is C19H27NO. The summed E-state index contributed by atoms with van der Waals surface area (Å²) < 4.78 is 5.56. The molecule has 1 heterocycles. The highest BCUT2D eigenvalue weighted by Crippen LogP contribution is 2.19. The number of hydrogen-bond acceptors (Lipinski definition) is 2. The van der Waals surface area contributed by atoms with E-state index in [-0.39, 0.29) is 0 Å². The zero-order valence-electron chi connectivity index (χ0n) is 13.2.